The molecule has 1 amide bonds. The molecule has 0 radical (unpaired) electrons. The third-order valence-electron chi connectivity index (χ3n) is 5.56. The van der Waals surface area contributed by atoms with Crippen LogP contribution in [0.15, 0.2) is 0 Å². The average Bonchev–Trinajstić information content (AvgIpc) is 2.64. The summed E-state index contributed by atoms with van der Waals surface area (Å²) in [5.74, 6) is -1.21. The van der Waals surface area contributed by atoms with Crippen molar-refractivity contribution in [1.29, 1.82) is 0 Å². The molecule has 1 fully saturated rings. The molecule has 6 heteroatoms. The maximum atomic E-state index is 12.5. The van der Waals surface area contributed by atoms with Gasteiger partial charge in [0.15, 0.2) is 5.78 Å². The van der Waals surface area contributed by atoms with Crippen LogP contribution in [0.25, 0.3) is 0 Å². The highest BCUT2D eigenvalue weighted by molar-refractivity contribution is 6.38. The van der Waals surface area contributed by atoms with Crippen LogP contribution in [-0.2, 0) is 19.2 Å². The molecule has 2 unspecified atom stereocenters. The van der Waals surface area contributed by atoms with Crippen molar-refractivity contribution in [3.63, 3.8) is 0 Å². The van der Waals surface area contributed by atoms with Gasteiger partial charge in [-0.3, -0.25) is 19.2 Å². The van der Waals surface area contributed by atoms with Gasteiger partial charge in [0.25, 0.3) is 5.91 Å². The number of nitrogens with one attached hydrogen (secondary N) is 2. The minimum Gasteiger partial charge on any atom is -0.342 e. The van der Waals surface area contributed by atoms with Crippen LogP contribution in [0.2, 0.25) is 0 Å². The van der Waals surface area contributed by atoms with Gasteiger partial charge in [0.2, 0.25) is 5.78 Å². The highest BCUT2D eigenvalue weighted by Gasteiger charge is 2.29. The summed E-state index contributed by atoms with van der Waals surface area (Å²) in [6, 6.07) is -0.564. The van der Waals surface area contributed by atoms with Gasteiger partial charge in [-0.2, -0.15) is 0 Å². The maximum Gasteiger partial charge on any atom is 0.289 e. The van der Waals surface area contributed by atoms with Crippen LogP contribution >= 0.6 is 0 Å². The molecule has 0 aromatic heterocycles. The average molecular weight is 409 g/mol. The number of ketones is 3. The van der Waals surface area contributed by atoms with Crippen LogP contribution in [0.5, 0.6) is 0 Å². The van der Waals surface area contributed by atoms with Crippen molar-refractivity contribution >= 4 is 23.3 Å². The third-order valence-corrected chi connectivity index (χ3v) is 5.56. The van der Waals surface area contributed by atoms with Crippen molar-refractivity contribution in [1.82, 2.24) is 10.6 Å². The van der Waals surface area contributed by atoms with E-state index >= 15 is 0 Å². The number of amides is 1. The monoisotopic (exact) mass is 408 g/mol. The molecule has 0 bridgehead atoms. The highest BCUT2D eigenvalue weighted by Crippen LogP contribution is 2.30. The summed E-state index contributed by atoms with van der Waals surface area (Å²) in [6.07, 6.45) is 8.13. The Balaban J connectivity index is 2.53. The van der Waals surface area contributed by atoms with E-state index in [1.54, 1.807) is 0 Å². The minimum atomic E-state index is -0.736. The molecule has 1 aliphatic rings. The van der Waals surface area contributed by atoms with Gasteiger partial charge in [-0.1, -0.05) is 45.4 Å². The third kappa shape index (κ3) is 10.2. The zero-order valence-corrected chi connectivity index (χ0v) is 18.9. The van der Waals surface area contributed by atoms with Crippen LogP contribution in [0.4, 0.5) is 0 Å². The molecule has 0 aromatic rings. The topological polar surface area (TPSA) is 92.3 Å². The van der Waals surface area contributed by atoms with Crippen molar-refractivity contribution in [2.24, 2.45) is 11.8 Å². The smallest absolute Gasteiger partial charge is 0.289 e. The fourth-order valence-electron chi connectivity index (χ4n) is 4.07. The van der Waals surface area contributed by atoms with Gasteiger partial charge < -0.3 is 10.6 Å². The first-order valence-electron chi connectivity index (χ1n) is 11.1. The maximum absolute atomic E-state index is 12.5. The largest absolute Gasteiger partial charge is 0.342 e. The van der Waals surface area contributed by atoms with Gasteiger partial charge in [0.05, 0.1) is 12.6 Å². The lowest BCUT2D eigenvalue weighted by Crippen LogP contribution is -2.52. The quantitative estimate of drug-likeness (QED) is 0.483. The number of Topliss-reactive ketones (excluding diaryl/α,β-unsaturated/α-hetero) is 3. The molecule has 1 saturated carbocycles. The molecule has 0 spiro atoms. The van der Waals surface area contributed by atoms with E-state index in [0.717, 1.165) is 25.7 Å². The molecule has 2 N–H and O–H groups in total. The van der Waals surface area contributed by atoms with E-state index in [4.69, 9.17) is 0 Å². The number of hydrogen-bond acceptors (Lipinski definition) is 5. The summed E-state index contributed by atoms with van der Waals surface area (Å²) in [7, 11) is 0. The van der Waals surface area contributed by atoms with Crippen LogP contribution in [0.1, 0.15) is 92.4 Å². The van der Waals surface area contributed by atoms with Crippen LogP contribution < -0.4 is 10.6 Å². The zero-order chi connectivity index (χ0) is 22.0. The molecule has 2 atom stereocenters. The van der Waals surface area contributed by atoms with Gasteiger partial charge in [0, 0.05) is 17.9 Å². The second kappa shape index (κ2) is 12.2. The first-order valence-corrected chi connectivity index (χ1v) is 11.1. The Labute approximate surface area is 176 Å². The Hall–Kier alpha value is -1.56. The molecule has 0 saturated heterocycles. The highest BCUT2D eigenvalue weighted by atomic mass is 16.2. The van der Waals surface area contributed by atoms with Crippen molar-refractivity contribution < 1.29 is 19.2 Å². The number of rotatable bonds is 12. The summed E-state index contributed by atoms with van der Waals surface area (Å²) in [5.41, 5.74) is -0.292. The zero-order valence-electron chi connectivity index (χ0n) is 18.9. The SMILES string of the molecule is CCCC(NC(C)(C)C)C(=O)C(=O)NCC(=O)CC(CC1CCCCC1)C(C)=O. The van der Waals surface area contributed by atoms with Crippen molar-refractivity contribution in [2.45, 2.75) is 104 Å². The van der Waals surface area contributed by atoms with E-state index in [2.05, 4.69) is 10.6 Å². The second-order valence-electron chi connectivity index (χ2n) is 9.57. The van der Waals surface area contributed by atoms with Gasteiger partial charge in [-0.15, -0.1) is 0 Å². The van der Waals surface area contributed by atoms with E-state index in [1.165, 1.54) is 26.2 Å². The fourth-order valence-corrected chi connectivity index (χ4v) is 4.07. The van der Waals surface area contributed by atoms with Crippen molar-refractivity contribution in [3.8, 4) is 0 Å². The minimum absolute atomic E-state index is 0.0312. The van der Waals surface area contributed by atoms with Crippen LogP contribution in [-0.4, -0.2) is 41.4 Å². The molecule has 0 aliphatic heterocycles. The number of carbonyl (C=O) groups excluding carboxylic acids is 4. The Morgan fingerprint density at radius 1 is 1.03 bits per heavy atom. The second-order valence-corrected chi connectivity index (χ2v) is 9.57. The predicted molar refractivity (Wildman–Crippen MR) is 115 cm³/mol. The summed E-state index contributed by atoms with van der Waals surface area (Å²) in [6.45, 7) is 9.12. The number of hydrogen-bond donors (Lipinski definition) is 2. The van der Waals surface area contributed by atoms with Gasteiger partial charge in [-0.25, -0.2) is 0 Å². The van der Waals surface area contributed by atoms with E-state index in [0.29, 0.717) is 12.3 Å². The lowest BCUT2D eigenvalue weighted by molar-refractivity contribution is -0.140. The first-order chi connectivity index (χ1) is 13.5. The van der Waals surface area contributed by atoms with Gasteiger partial charge in [0.1, 0.15) is 5.78 Å². The van der Waals surface area contributed by atoms with Crippen LogP contribution in [0, 0.1) is 11.8 Å². The van der Waals surface area contributed by atoms with E-state index < -0.39 is 17.7 Å². The van der Waals surface area contributed by atoms with Gasteiger partial charge >= 0.3 is 0 Å². The first kappa shape index (κ1) is 25.5. The normalized spacial score (nSPS) is 17.4. The molecule has 1 aliphatic carbocycles. The molecule has 6 nitrogen and oxygen atoms in total. The molecule has 0 heterocycles. The molecule has 166 valence electrons. The lowest BCUT2D eigenvalue weighted by Gasteiger charge is -2.27. The standard InChI is InChI=1S/C23H40N2O4/c1-6-10-20(25-23(3,4)5)21(28)22(29)24-15-19(27)14-18(16(2)26)13-17-11-8-7-9-12-17/h17-18,20,25H,6-15H2,1-5H3,(H,24,29). The van der Waals surface area contributed by atoms with Crippen LogP contribution in [0.3, 0.4) is 0 Å². The van der Waals surface area contributed by atoms with E-state index in [1.807, 2.05) is 27.7 Å². The Morgan fingerprint density at radius 2 is 1.66 bits per heavy atom. The van der Waals surface area contributed by atoms with Crippen molar-refractivity contribution in [2.75, 3.05) is 6.54 Å². The summed E-state index contributed by atoms with van der Waals surface area (Å²) < 4.78 is 0. The summed E-state index contributed by atoms with van der Waals surface area (Å²) in [4.78, 5) is 49.1. The summed E-state index contributed by atoms with van der Waals surface area (Å²) >= 11 is 0. The molecule has 1 rings (SSSR count). The Bertz CT molecular complexity index is 574. The Morgan fingerprint density at radius 3 is 2.17 bits per heavy atom. The van der Waals surface area contributed by atoms with E-state index in [-0.39, 0.29) is 36.0 Å². The molecule has 0 aromatic carbocycles. The van der Waals surface area contributed by atoms with Gasteiger partial charge in [-0.05, 0) is 46.5 Å². The lowest BCUT2D eigenvalue weighted by atomic mass is 9.80. The summed E-state index contributed by atoms with van der Waals surface area (Å²) in [5, 5.41) is 5.64. The Kier molecular flexibility index (Phi) is 10.7. The fraction of sp³-hybridized carbons (Fsp3) is 0.826. The molecular weight excluding hydrogens is 368 g/mol. The molecule has 29 heavy (non-hydrogen) atoms. The molecular formula is C23H40N2O4. The predicted octanol–water partition coefficient (Wildman–Crippen LogP) is 3.36. The number of carbonyl (C=O) groups is 4. The van der Waals surface area contributed by atoms with E-state index in [9.17, 15) is 19.2 Å². The van der Waals surface area contributed by atoms with Crippen molar-refractivity contribution in [3.05, 3.63) is 0 Å².